The van der Waals surface area contributed by atoms with Crippen molar-refractivity contribution in [2.75, 3.05) is 10.5 Å². The van der Waals surface area contributed by atoms with E-state index in [0.717, 1.165) is 0 Å². The number of hydrogen-bond acceptors (Lipinski definition) is 3. The van der Waals surface area contributed by atoms with Gasteiger partial charge in [-0.25, -0.2) is 12.8 Å². The molecule has 0 aromatic heterocycles. The molecule has 0 saturated carbocycles. The van der Waals surface area contributed by atoms with Crippen LogP contribution in [0.15, 0.2) is 39.7 Å². The summed E-state index contributed by atoms with van der Waals surface area (Å²) in [5.74, 6) is -0.687. The number of anilines is 2. The molecule has 0 heterocycles. The molecule has 21 heavy (non-hydrogen) atoms. The highest BCUT2D eigenvalue weighted by atomic mass is 79.9. The Morgan fingerprint density at radius 3 is 2.57 bits per heavy atom. The molecule has 0 aliphatic heterocycles. The van der Waals surface area contributed by atoms with Gasteiger partial charge in [0.15, 0.2) is 0 Å². The van der Waals surface area contributed by atoms with E-state index in [1.165, 1.54) is 30.3 Å². The second-order valence-electron chi connectivity index (χ2n) is 4.37. The molecule has 2 rings (SSSR count). The fourth-order valence-electron chi connectivity index (χ4n) is 1.73. The summed E-state index contributed by atoms with van der Waals surface area (Å²) in [5, 5.41) is 0.265. The van der Waals surface area contributed by atoms with Crippen molar-refractivity contribution in [2.45, 2.75) is 11.8 Å². The predicted octanol–water partition coefficient (Wildman–Crippen LogP) is 3.93. The van der Waals surface area contributed by atoms with Crippen LogP contribution in [0.3, 0.4) is 0 Å². The topological polar surface area (TPSA) is 72.2 Å². The molecule has 4 nitrogen and oxygen atoms in total. The first-order chi connectivity index (χ1) is 9.70. The molecule has 0 saturated heterocycles. The van der Waals surface area contributed by atoms with E-state index in [2.05, 4.69) is 20.7 Å². The lowest BCUT2D eigenvalue weighted by atomic mass is 10.2. The summed E-state index contributed by atoms with van der Waals surface area (Å²) in [6.07, 6.45) is 0. The van der Waals surface area contributed by atoms with Gasteiger partial charge in [0.1, 0.15) is 5.82 Å². The van der Waals surface area contributed by atoms with Crippen LogP contribution < -0.4 is 10.5 Å². The van der Waals surface area contributed by atoms with Gasteiger partial charge in [0, 0.05) is 4.47 Å². The van der Waals surface area contributed by atoms with Gasteiger partial charge in [-0.1, -0.05) is 27.5 Å². The van der Waals surface area contributed by atoms with Gasteiger partial charge in [-0.05, 0) is 42.8 Å². The van der Waals surface area contributed by atoms with Crippen LogP contribution in [0.4, 0.5) is 15.8 Å². The highest BCUT2D eigenvalue weighted by molar-refractivity contribution is 9.10. The lowest BCUT2D eigenvalue weighted by molar-refractivity contribution is 0.598. The van der Waals surface area contributed by atoms with Crippen LogP contribution in [-0.4, -0.2) is 8.42 Å². The van der Waals surface area contributed by atoms with E-state index in [1.54, 1.807) is 6.92 Å². The van der Waals surface area contributed by atoms with Crippen molar-refractivity contribution >= 4 is 48.9 Å². The minimum atomic E-state index is -3.96. The van der Waals surface area contributed by atoms with Crippen molar-refractivity contribution in [1.82, 2.24) is 0 Å². The van der Waals surface area contributed by atoms with Gasteiger partial charge in [-0.2, -0.15) is 0 Å². The number of rotatable bonds is 3. The molecule has 0 amide bonds. The summed E-state index contributed by atoms with van der Waals surface area (Å²) in [4.78, 5) is -0.0493. The van der Waals surface area contributed by atoms with Crippen molar-refractivity contribution in [3.8, 4) is 0 Å². The summed E-state index contributed by atoms with van der Waals surface area (Å²) < 4.78 is 41.1. The largest absolute Gasteiger partial charge is 0.397 e. The van der Waals surface area contributed by atoms with Crippen LogP contribution in [-0.2, 0) is 10.0 Å². The third-order valence-electron chi connectivity index (χ3n) is 2.76. The summed E-state index contributed by atoms with van der Waals surface area (Å²) in [6.45, 7) is 1.58. The quantitative estimate of drug-likeness (QED) is 0.776. The maximum absolute atomic E-state index is 13.7. The summed E-state index contributed by atoms with van der Waals surface area (Å²) in [5.41, 5.74) is 6.03. The number of nitrogens with two attached hydrogens (primary N) is 1. The maximum atomic E-state index is 13.7. The molecule has 3 N–H and O–H groups in total. The van der Waals surface area contributed by atoms with Crippen LogP contribution in [0.5, 0.6) is 0 Å². The molecular weight excluding hydrogens is 383 g/mol. The Morgan fingerprint density at radius 2 is 1.95 bits per heavy atom. The van der Waals surface area contributed by atoms with Crippen LogP contribution >= 0.6 is 27.5 Å². The van der Waals surface area contributed by atoms with Crippen molar-refractivity contribution in [3.63, 3.8) is 0 Å². The second-order valence-corrected chi connectivity index (χ2v) is 7.34. The van der Waals surface area contributed by atoms with Crippen LogP contribution in [0, 0.1) is 12.7 Å². The lowest BCUT2D eigenvalue weighted by Gasteiger charge is -2.12. The number of hydrogen-bond donors (Lipinski definition) is 2. The SMILES string of the molecule is Cc1cc(Cl)c(N)cc1S(=O)(=O)Nc1ccc(Br)cc1F. The molecule has 2 aromatic rings. The minimum Gasteiger partial charge on any atom is -0.397 e. The van der Waals surface area contributed by atoms with Gasteiger partial charge in [0.05, 0.1) is 21.3 Å². The maximum Gasteiger partial charge on any atom is 0.262 e. The first-order valence-electron chi connectivity index (χ1n) is 5.74. The molecule has 0 atom stereocenters. The Labute approximate surface area is 135 Å². The number of nitrogen functional groups attached to an aromatic ring is 1. The Hall–Kier alpha value is -1.31. The van der Waals surface area contributed by atoms with E-state index in [1.807, 2.05) is 0 Å². The zero-order valence-corrected chi connectivity index (χ0v) is 14.0. The number of sulfonamides is 1. The van der Waals surface area contributed by atoms with E-state index in [9.17, 15) is 12.8 Å². The standard InChI is InChI=1S/C13H11BrClFN2O2S/c1-7-4-9(15)11(17)6-13(7)21(19,20)18-12-3-2-8(14)5-10(12)16/h2-6,18H,17H2,1H3. The molecule has 0 aliphatic rings. The molecule has 0 aliphatic carbocycles. The summed E-state index contributed by atoms with van der Waals surface area (Å²) in [6, 6.07) is 6.72. The Morgan fingerprint density at radius 1 is 1.29 bits per heavy atom. The smallest absolute Gasteiger partial charge is 0.262 e. The molecule has 0 unspecified atom stereocenters. The van der Waals surface area contributed by atoms with E-state index in [-0.39, 0.29) is 21.3 Å². The molecule has 0 bridgehead atoms. The normalized spacial score (nSPS) is 11.4. The fourth-order valence-corrected chi connectivity index (χ4v) is 3.61. The molecular formula is C13H11BrClFN2O2S. The average molecular weight is 394 g/mol. The van der Waals surface area contributed by atoms with Crippen molar-refractivity contribution in [2.24, 2.45) is 0 Å². The number of nitrogens with one attached hydrogen (secondary N) is 1. The van der Waals surface area contributed by atoms with Crippen molar-refractivity contribution in [3.05, 3.63) is 51.2 Å². The van der Waals surface area contributed by atoms with Gasteiger partial charge >= 0.3 is 0 Å². The molecule has 0 fully saturated rings. The summed E-state index contributed by atoms with van der Waals surface area (Å²) >= 11 is 8.93. The van der Waals surface area contributed by atoms with Crippen molar-refractivity contribution in [1.29, 1.82) is 0 Å². The number of halogens is 3. The van der Waals surface area contributed by atoms with E-state index >= 15 is 0 Å². The lowest BCUT2D eigenvalue weighted by Crippen LogP contribution is -2.15. The Bertz CT molecular complexity index is 812. The highest BCUT2D eigenvalue weighted by Gasteiger charge is 2.20. The predicted molar refractivity (Wildman–Crippen MR) is 85.5 cm³/mol. The third-order valence-corrected chi connectivity index (χ3v) is 5.09. The third kappa shape index (κ3) is 3.48. The zero-order chi connectivity index (χ0) is 15.8. The van der Waals surface area contributed by atoms with Gasteiger partial charge in [-0.3, -0.25) is 4.72 Å². The zero-order valence-electron chi connectivity index (χ0n) is 10.8. The van der Waals surface area contributed by atoms with Crippen molar-refractivity contribution < 1.29 is 12.8 Å². The van der Waals surface area contributed by atoms with Gasteiger partial charge in [0.2, 0.25) is 0 Å². The molecule has 2 aromatic carbocycles. The minimum absolute atomic E-state index is 0.0493. The van der Waals surface area contributed by atoms with E-state index < -0.39 is 15.8 Å². The molecule has 8 heteroatoms. The van der Waals surface area contributed by atoms with Crippen LogP contribution in [0.1, 0.15) is 5.56 Å². The highest BCUT2D eigenvalue weighted by Crippen LogP contribution is 2.28. The number of benzene rings is 2. The monoisotopic (exact) mass is 392 g/mol. The van der Waals surface area contributed by atoms with Crippen LogP contribution in [0.2, 0.25) is 5.02 Å². The van der Waals surface area contributed by atoms with Gasteiger partial charge in [0.25, 0.3) is 10.0 Å². The Balaban J connectivity index is 2.46. The van der Waals surface area contributed by atoms with E-state index in [4.69, 9.17) is 17.3 Å². The van der Waals surface area contributed by atoms with Crippen LogP contribution in [0.25, 0.3) is 0 Å². The van der Waals surface area contributed by atoms with E-state index in [0.29, 0.717) is 10.0 Å². The van der Waals surface area contributed by atoms with Gasteiger partial charge in [-0.15, -0.1) is 0 Å². The fraction of sp³-hybridized carbons (Fsp3) is 0.0769. The average Bonchev–Trinajstić information content (AvgIpc) is 2.37. The first-order valence-corrected chi connectivity index (χ1v) is 8.39. The number of aryl methyl sites for hydroxylation is 1. The van der Waals surface area contributed by atoms with Gasteiger partial charge < -0.3 is 5.73 Å². The Kier molecular flexibility index (Phi) is 4.46. The molecule has 0 radical (unpaired) electrons. The second kappa shape index (κ2) is 5.82. The summed E-state index contributed by atoms with van der Waals surface area (Å²) in [7, 11) is -3.96. The first kappa shape index (κ1) is 16.1. The molecule has 112 valence electrons. The molecule has 0 spiro atoms.